The highest BCUT2D eigenvalue weighted by molar-refractivity contribution is 6.13. The zero-order chi connectivity index (χ0) is 17.0. The van der Waals surface area contributed by atoms with E-state index in [9.17, 15) is 13.2 Å². The number of hydrogen-bond acceptors (Lipinski definition) is 1. The summed E-state index contributed by atoms with van der Waals surface area (Å²) in [4.78, 5) is 4.57. The van der Waals surface area contributed by atoms with Crippen molar-refractivity contribution < 1.29 is 13.2 Å². The van der Waals surface area contributed by atoms with Crippen molar-refractivity contribution >= 4 is 11.4 Å². The highest BCUT2D eigenvalue weighted by atomic mass is 19.4. The van der Waals surface area contributed by atoms with Gasteiger partial charge >= 0.3 is 6.18 Å². The molecule has 0 saturated heterocycles. The molecule has 120 valence electrons. The van der Waals surface area contributed by atoms with Gasteiger partial charge in [0.1, 0.15) is 0 Å². The van der Waals surface area contributed by atoms with E-state index in [0.717, 1.165) is 29.0 Å². The zero-order valence-electron chi connectivity index (χ0n) is 12.7. The summed E-state index contributed by atoms with van der Waals surface area (Å²) in [5, 5.41) is 0. The second kappa shape index (κ2) is 6.71. The molecule has 0 bridgehead atoms. The number of aliphatic imine (C=N–C) groups is 1. The Labute approximate surface area is 138 Å². The second-order valence-corrected chi connectivity index (χ2v) is 5.24. The molecule has 0 aliphatic carbocycles. The van der Waals surface area contributed by atoms with Crippen LogP contribution in [0.4, 0.5) is 18.9 Å². The predicted molar refractivity (Wildman–Crippen MR) is 89.6 cm³/mol. The molecular formula is C20H14F3N. The minimum Gasteiger partial charge on any atom is -0.248 e. The Morgan fingerprint density at radius 2 is 1.08 bits per heavy atom. The molecule has 0 atom stereocenters. The smallest absolute Gasteiger partial charge is 0.248 e. The molecule has 0 fully saturated rings. The van der Waals surface area contributed by atoms with Gasteiger partial charge in [0, 0.05) is 11.1 Å². The molecule has 0 aliphatic heterocycles. The van der Waals surface area contributed by atoms with Crippen LogP contribution in [0.15, 0.2) is 89.9 Å². The maximum atomic E-state index is 12.7. The Morgan fingerprint density at radius 1 is 0.625 bits per heavy atom. The van der Waals surface area contributed by atoms with Crippen LogP contribution in [0.1, 0.15) is 16.7 Å². The first-order chi connectivity index (χ1) is 11.5. The molecule has 24 heavy (non-hydrogen) atoms. The molecule has 0 aromatic heterocycles. The quantitative estimate of drug-likeness (QED) is 0.534. The molecule has 4 heteroatoms. The molecule has 3 rings (SSSR count). The molecule has 0 heterocycles. The molecule has 0 unspecified atom stereocenters. The van der Waals surface area contributed by atoms with Crippen LogP contribution in [0.5, 0.6) is 0 Å². The molecule has 0 saturated carbocycles. The Hall–Kier alpha value is -2.88. The van der Waals surface area contributed by atoms with Gasteiger partial charge in [0.05, 0.1) is 17.0 Å². The first kappa shape index (κ1) is 16.0. The SMILES string of the molecule is FC(F)(F)c1ccc(N=C(c2ccccc2)c2ccccc2)cc1. The van der Waals surface area contributed by atoms with Crippen molar-refractivity contribution in [2.75, 3.05) is 0 Å². The van der Waals surface area contributed by atoms with Crippen LogP contribution in [-0.2, 0) is 6.18 Å². The van der Waals surface area contributed by atoms with Gasteiger partial charge < -0.3 is 0 Å². The fourth-order valence-electron chi connectivity index (χ4n) is 2.34. The van der Waals surface area contributed by atoms with Gasteiger partial charge in [-0.1, -0.05) is 60.7 Å². The lowest BCUT2D eigenvalue weighted by molar-refractivity contribution is -0.137. The van der Waals surface area contributed by atoms with Crippen LogP contribution in [0.3, 0.4) is 0 Å². The van der Waals surface area contributed by atoms with E-state index >= 15 is 0 Å². The number of alkyl halides is 3. The van der Waals surface area contributed by atoms with Gasteiger partial charge in [-0.2, -0.15) is 13.2 Å². The van der Waals surface area contributed by atoms with Crippen LogP contribution >= 0.6 is 0 Å². The molecular weight excluding hydrogens is 311 g/mol. The lowest BCUT2D eigenvalue weighted by atomic mass is 10.0. The number of nitrogens with zero attached hydrogens (tertiary/aromatic N) is 1. The average Bonchev–Trinajstić information content (AvgIpc) is 2.61. The Bertz CT molecular complexity index is 779. The van der Waals surface area contributed by atoms with E-state index in [-0.39, 0.29) is 0 Å². The molecule has 3 aromatic rings. The van der Waals surface area contributed by atoms with E-state index in [1.807, 2.05) is 60.7 Å². The van der Waals surface area contributed by atoms with Gasteiger partial charge in [-0.15, -0.1) is 0 Å². The Kier molecular flexibility index (Phi) is 4.47. The maximum Gasteiger partial charge on any atom is 0.416 e. The lowest BCUT2D eigenvalue weighted by Crippen LogP contribution is -2.04. The number of hydrogen-bond donors (Lipinski definition) is 0. The second-order valence-electron chi connectivity index (χ2n) is 5.24. The van der Waals surface area contributed by atoms with Gasteiger partial charge in [0.2, 0.25) is 0 Å². The third-order valence-electron chi connectivity index (χ3n) is 3.53. The van der Waals surface area contributed by atoms with Crippen LogP contribution < -0.4 is 0 Å². The van der Waals surface area contributed by atoms with Gasteiger partial charge in [0.25, 0.3) is 0 Å². The average molecular weight is 325 g/mol. The van der Waals surface area contributed by atoms with Crippen LogP contribution in [0.2, 0.25) is 0 Å². The van der Waals surface area contributed by atoms with E-state index in [0.29, 0.717) is 5.69 Å². The van der Waals surface area contributed by atoms with E-state index in [2.05, 4.69) is 4.99 Å². The first-order valence-corrected chi connectivity index (χ1v) is 7.41. The van der Waals surface area contributed by atoms with Crippen molar-refractivity contribution in [1.82, 2.24) is 0 Å². The van der Waals surface area contributed by atoms with Gasteiger partial charge in [0.15, 0.2) is 0 Å². The Balaban J connectivity index is 2.04. The normalized spacial score (nSPS) is 11.1. The summed E-state index contributed by atoms with van der Waals surface area (Å²) < 4.78 is 38.0. The number of benzene rings is 3. The highest BCUT2D eigenvalue weighted by Gasteiger charge is 2.29. The van der Waals surface area contributed by atoms with E-state index in [1.54, 1.807) is 0 Å². The van der Waals surface area contributed by atoms with Crippen LogP contribution in [0, 0.1) is 0 Å². The van der Waals surface area contributed by atoms with Crippen molar-refractivity contribution in [3.63, 3.8) is 0 Å². The van der Waals surface area contributed by atoms with Crippen molar-refractivity contribution in [1.29, 1.82) is 0 Å². The summed E-state index contributed by atoms with van der Waals surface area (Å²) in [5.41, 5.74) is 2.33. The fraction of sp³-hybridized carbons (Fsp3) is 0.0500. The molecule has 3 aromatic carbocycles. The van der Waals surface area contributed by atoms with E-state index < -0.39 is 11.7 Å². The van der Waals surface area contributed by atoms with E-state index in [4.69, 9.17) is 0 Å². The third kappa shape index (κ3) is 3.71. The Morgan fingerprint density at radius 3 is 1.50 bits per heavy atom. The minimum atomic E-state index is -4.34. The standard InChI is InChI=1S/C20H14F3N/c21-20(22,23)17-11-13-18(14-12-17)24-19(15-7-3-1-4-8-15)16-9-5-2-6-10-16/h1-14H. The van der Waals surface area contributed by atoms with Crippen LogP contribution in [0.25, 0.3) is 0 Å². The first-order valence-electron chi connectivity index (χ1n) is 7.41. The zero-order valence-corrected chi connectivity index (χ0v) is 12.7. The lowest BCUT2D eigenvalue weighted by Gasteiger charge is -2.09. The largest absolute Gasteiger partial charge is 0.416 e. The maximum absolute atomic E-state index is 12.7. The molecule has 0 amide bonds. The molecule has 0 N–H and O–H groups in total. The van der Waals surface area contributed by atoms with Crippen molar-refractivity contribution in [2.24, 2.45) is 4.99 Å². The highest BCUT2D eigenvalue weighted by Crippen LogP contribution is 2.30. The summed E-state index contributed by atoms with van der Waals surface area (Å²) in [6.07, 6.45) is -4.34. The van der Waals surface area contributed by atoms with Crippen molar-refractivity contribution in [3.8, 4) is 0 Å². The summed E-state index contributed by atoms with van der Waals surface area (Å²) in [7, 11) is 0. The topological polar surface area (TPSA) is 12.4 Å². The third-order valence-corrected chi connectivity index (χ3v) is 3.53. The molecule has 0 radical (unpaired) electrons. The van der Waals surface area contributed by atoms with Crippen LogP contribution in [-0.4, -0.2) is 5.71 Å². The summed E-state index contributed by atoms with van der Waals surface area (Å²) in [6.45, 7) is 0. The monoisotopic (exact) mass is 325 g/mol. The molecule has 0 spiro atoms. The summed E-state index contributed by atoms with van der Waals surface area (Å²) in [6, 6.07) is 24.0. The fourth-order valence-corrected chi connectivity index (χ4v) is 2.34. The van der Waals surface area contributed by atoms with Gasteiger partial charge in [-0.25, -0.2) is 4.99 Å². The summed E-state index contributed by atoms with van der Waals surface area (Å²) >= 11 is 0. The van der Waals surface area contributed by atoms with E-state index in [1.165, 1.54) is 12.1 Å². The van der Waals surface area contributed by atoms with Gasteiger partial charge in [-0.3, -0.25) is 0 Å². The van der Waals surface area contributed by atoms with Crippen molar-refractivity contribution in [2.45, 2.75) is 6.18 Å². The molecule has 0 aliphatic rings. The summed E-state index contributed by atoms with van der Waals surface area (Å²) in [5.74, 6) is 0. The number of halogens is 3. The van der Waals surface area contributed by atoms with Crippen molar-refractivity contribution in [3.05, 3.63) is 102 Å². The van der Waals surface area contributed by atoms with Gasteiger partial charge in [-0.05, 0) is 24.3 Å². The predicted octanol–water partition coefficient (Wildman–Crippen LogP) is 5.87. The number of rotatable bonds is 3. The minimum absolute atomic E-state index is 0.478. The molecule has 1 nitrogen and oxygen atoms in total.